The van der Waals surface area contributed by atoms with Crippen LogP contribution in [0.5, 0.6) is 0 Å². The first kappa shape index (κ1) is 16.4. The van der Waals surface area contributed by atoms with Gasteiger partial charge in [0.15, 0.2) is 0 Å². The van der Waals surface area contributed by atoms with Gasteiger partial charge in [-0.3, -0.25) is 0 Å². The van der Waals surface area contributed by atoms with Crippen LogP contribution in [0.2, 0.25) is 0 Å². The zero-order valence-corrected chi connectivity index (χ0v) is 13.7. The molecule has 1 aromatic heterocycles. The predicted molar refractivity (Wildman–Crippen MR) is 87.9 cm³/mol. The molecule has 3 rings (SSSR count). The summed E-state index contributed by atoms with van der Waals surface area (Å²) in [5.41, 5.74) is 1.72. The summed E-state index contributed by atoms with van der Waals surface area (Å²) in [7, 11) is 0. The largest absolute Gasteiger partial charge is 0.370 e. The van der Waals surface area contributed by atoms with Crippen molar-refractivity contribution in [1.29, 1.82) is 5.26 Å². The third kappa shape index (κ3) is 3.72. The molecule has 1 fully saturated rings. The Hall–Kier alpha value is -2.43. The molecule has 2 heterocycles. The van der Waals surface area contributed by atoms with Crippen molar-refractivity contribution < 1.29 is 13.9 Å². The van der Waals surface area contributed by atoms with E-state index in [1.54, 1.807) is 16.2 Å². The van der Waals surface area contributed by atoms with Crippen molar-refractivity contribution in [2.75, 3.05) is 19.7 Å². The Morgan fingerprint density at radius 1 is 1.50 bits per heavy atom. The highest BCUT2D eigenvalue weighted by molar-refractivity contribution is 7.07. The Morgan fingerprint density at radius 2 is 2.38 bits per heavy atom. The lowest BCUT2D eigenvalue weighted by molar-refractivity contribution is -0.0152. The number of rotatable bonds is 3. The quantitative estimate of drug-likeness (QED) is 0.930. The van der Waals surface area contributed by atoms with Gasteiger partial charge < -0.3 is 15.0 Å². The van der Waals surface area contributed by atoms with Crippen LogP contribution in [0.1, 0.15) is 22.8 Å². The minimum atomic E-state index is -0.438. The maximum absolute atomic E-state index is 13.8. The highest BCUT2D eigenvalue weighted by Gasteiger charge is 2.25. The highest BCUT2D eigenvalue weighted by atomic mass is 32.1. The van der Waals surface area contributed by atoms with E-state index in [0.29, 0.717) is 30.8 Å². The molecule has 0 aliphatic carbocycles. The first-order chi connectivity index (χ1) is 11.7. The fourth-order valence-corrected chi connectivity index (χ4v) is 3.26. The van der Waals surface area contributed by atoms with Gasteiger partial charge in [0.05, 0.1) is 24.8 Å². The molecule has 1 aliphatic heterocycles. The zero-order chi connectivity index (χ0) is 16.9. The van der Waals surface area contributed by atoms with Crippen molar-refractivity contribution >= 4 is 17.4 Å². The number of thiophene rings is 1. The standard InChI is InChI=1S/C17H16FN3O2S/c18-15-2-1-12(8-19)7-14(15)9-20-17(22)21-4-5-23-16(10-21)13-3-6-24-11-13/h1-3,6-7,11,16H,4-5,9-10H2,(H,20,22)/t16-/m0/s1. The molecule has 0 bridgehead atoms. The molecule has 0 saturated carbocycles. The molecule has 0 unspecified atom stereocenters. The summed E-state index contributed by atoms with van der Waals surface area (Å²) in [4.78, 5) is 14.0. The van der Waals surface area contributed by atoms with E-state index in [9.17, 15) is 9.18 Å². The maximum Gasteiger partial charge on any atom is 0.317 e. The van der Waals surface area contributed by atoms with Crippen LogP contribution in [0.25, 0.3) is 0 Å². The van der Waals surface area contributed by atoms with Crippen LogP contribution in [-0.4, -0.2) is 30.6 Å². The fourth-order valence-electron chi connectivity index (χ4n) is 2.56. The number of carbonyl (C=O) groups is 1. The summed E-state index contributed by atoms with van der Waals surface area (Å²) >= 11 is 1.59. The Labute approximate surface area is 143 Å². The molecule has 24 heavy (non-hydrogen) atoms. The number of nitriles is 1. The molecule has 2 aromatic rings. The van der Waals surface area contributed by atoms with Gasteiger partial charge in [0, 0.05) is 18.7 Å². The van der Waals surface area contributed by atoms with E-state index in [1.807, 2.05) is 22.9 Å². The first-order valence-corrected chi connectivity index (χ1v) is 8.46. The molecule has 0 spiro atoms. The molecule has 1 saturated heterocycles. The number of nitrogens with one attached hydrogen (secondary N) is 1. The molecule has 7 heteroatoms. The van der Waals surface area contributed by atoms with Crippen molar-refractivity contribution in [3.8, 4) is 6.07 Å². The van der Waals surface area contributed by atoms with E-state index in [4.69, 9.17) is 10.00 Å². The number of halogens is 1. The minimum absolute atomic E-state index is 0.0423. The normalized spacial score (nSPS) is 17.3. The number of urea groups is 1. The number of ether oxygens (including phenoxy) is 1. The lowest BCUT2D eigenvalue weighted by Crippen LogP contribution is -2.46. The molecule has 1 aromatic carbocycles. The summed E-state index contributed by atoms with van der Waals surface area (Å²) < 4.78 is 19.5. The van der Waals surface area contributed by atoms with Crippen LogP contribution in [0, 0.1) is 17.1 Å². The third-order valence-corrected chi connectivity index (χ3v) is 4.57. The molecule has 0 radical (unpaired) electrons. The molecule has 1 atom stereocenters. The van der Waals surface area contributed by atoms with E-state index in [0.717, 1.165) is 5.56 Å². The molecular formula is C17H16FN3O2S. The monoisotopic (exact) mass is 345 g/mol. The summed E-state index contributed by atoms with van der Waals surface area (Å²) in [5.74, 6) is -0.438. The SMILES string of the molecule is N#Cc1ccc(F)c(CNC(=O)N2CCO[C@H](c3ccsc3)C2)c1. The van der Waals surface area contributed by atoms with Crippen molar-refractivity contribution in [2.45, 2.75) is 12.6 Å². The number of morpholine rings is 1. The third-order valence-electron chi connectivity index (χ3n) is 3.87. The van der Waals surface area contributed by atoms with Crippen LogP contribution >= 0.6 is 11.3 Å². The van der Waals surface area contributed by atoms with Gasteiger partial charge in [-0.15, -0.1) is 0 Å². The van der Waals surface area contributed by atoms with Gasteiger partial charge in [-0.05, 0) is 40.6 Å². The summed E-state index contributed by atoms with van der Waals surface area (Å²) in [6, 6.07) is 7.78. The molecule has 1 aliphatic rings. The number of hydrogen-bond donors (Lipinski definition) is 1. The van der Waals surface area contributed by atoms with E-state index < -0.39 is 5.82 Å². The number of benzene rings is 1. The van der Waals surface area contributed by atoms with Gasteiger partial charge in [0.25, 0.3) is 0 Å². The molecule has 124 valence electrons. The van der Waals surface area contributed by atoms with E-state index >= 15 is 0 Å². The minimum Gasteiger partial charge on any atom is -0.370 e. The topological polar surface area (TPSA) is 65.4 Å². The van der Waals surface area contributed by atoms with Crippen molar-refractivity contribution in [2.24, 2.45) is 0 Å². The second-order valence-corrected chi connectivity index (χ2v) is 6.22. The van der Waals surface area contributed by atoms with Gasteiger partial charge in [-0.2, -0.15) is 16.6 Å². The second kappa shape index (κ2) is 7.43. The van der Waals surface area contributed by atoms with E-state index in [1.165, 1.54) is 18.2 Å². The van der Waals surface area contributed by atoms with Crippen LogP contribution in [0.3, 0.4) is 0 Å². The summed E-state index contributed by atoms with van der Waals surface area (Å²) in [6.45, 7) is 1.46. The van der Waals surface area contributed by atoms with Gasteiger partial charge in [-0.1, -0.05) is 0 Å². The average Bonchev–Trinajstić information content (AvgIpc) is 3.15. The van der Waals surface area contributed by atoms with Crippen LogP contribution < -0.4 is 5.32 Å². The van der Waals surface area contributed by atoms with Crippen LogP contribution in [0.4, 0.5) is 9.18 Å². The molecule has 2 amide bonds. The number of amides is 2. The Bertz CT molecular complexity index is 758. The molecular weight excluding hydrogens is 329 g/mol. The van der Waals surface area contributed by atoms with E-state index in [-0.39, 0.29) is 18.7 Å². The average molecular weight is 345 g/mol. The van der Waals surface area contributed by atoms with Gasteiger partial charge >= 0.3 is 6.03 Å². The van der Waals surface area contributed by atoms with Crippen LogP contribution in [-0.2, 0) is 11.3 Å². The maximum atomic E-state index is 13.8. The van der Waals surface area contributed by atoms with E-state index in [2.05, 4.69) is 5.32 Å². The highest BCUT2D eigenvalue weighted by Crippen LogP contribution is 2.24. The Morgan fingerprint density at radius 3 is 3.12 bits per heavy atom. The lowest BCUT2D eigenvalue weighted by Gasteiger charge is -2.32. The second-order valence-electron chi connectivity index (χ2n) is 5.44. The number of nitrogens with zero attached hydrogens (tertiary/aromatic N) is 2. The van der Waals surface area contributed by atoms with Crippen molar-refractivity contribution in [3.05, 3.63) is 57.5 Å². The smallest absolute Gasteiger partial charge is 0.317 e. The zero-order valence-electron chi connectivity index (χ0n) is 12.9. The molecule has 5 nitrogen and oxygen atoms in total. The van der Waals surface area contributed by atoms with Gasteiger partial charge in [0.1, 0.15) is 11.9 Å². The summed E-state index contributed by atoms with van der Waals surface area (Å²) in [5, 5.41) is 15.6. The Balaban J connectivity index is 1.60. The molecule has 1 N–H and O–H groups in total. The van der Waals surface area contributed by atoms with Gasteiger partial charge in [-0.25, -0.2) is 9.18 Å². The Kier molecular flexibility index (Phi) is 5.08. The summed E-state index contributed by atoms with van der Waals surface area (Å²) in [6.07, 6.45) is -0.130. The fraction of sp³-hybridized carbons (Fsp3) is 0.294. The number of hydrogen-bond acceptors (Lipinski definition) is 4. The van der Waals surface area contributed by atoms with Crippen molar-refractivity contribution in [1.82, 2.24) is 10.2 Å². The van der Waals surface area contributed by atoms with Crippen LogP contribution in [0.15, 0.2) is 35.0 Å². The number of carbonyl (C=O) groups excluding carboxylic acids is 1. The predicted octanol–water partition coefficient (Wildman–Crippen LogP) is 3.04. The first-order valence-electron chi connectivity index (χ1n) is 7.52. The van der Waals surface area contributed by atoms with Gasteiger partial charge in [0.2, 0.25) is 0 Å². The van der Waals surface area contributed by atoms with Crippen molar-refractivity contribution in [3.63, 3.8) is 0 Å². The lowest BCUT2D eigenvalue weighted by atomic mass is 10.1.